The van der Waals surface area contributed by atoms with E-state index in [1.165, 1.54) is 5.56 Å². The maximum Gasteiger partial charge on any atom is 0.136 e. The monoisotopic (exact) mass is 513 g/mol. The van der Waals surface area contributed by atoms with Gasteiger partial charge in [-0.1, -0.05) is 54.1 Å². The molecule has 0 unspecified atom stereocenters. The fraction of sp³-hybridized carbons (Fsp3) is 0.156. The minimum atomic E-state index is 0.800. The van der Waals surface area contributed by atoms with Crippen molar-refractivity contribution in [3.63, 3.8) is 0 Å². The number of anilines is 8. The average Bonchev–Trinajstić information content (AvgIpc) is 2.99. The average molecular weight is 514 g/mol. The molecule has 0 spiro atoms. The van der Waals surface area contributed by atoms with Gasteiger partial charge in [0.2, 0.25) is 0 Å². The molecule has 0 radical (unpaired) electrons. The first-order chi connectivity index (χ1) is 18.9. The zero-order valence-electron chi connectivity index (χ0n) is 22.9. The molecule has 1 aliphatic heterocycles. The van der Waals surface area contributed by atoms with E-state index in [1.807, 2.05) is 78.5 Å². The summed E-state index contributed by atoms with van der Waals surface area (Å²) in [5, 5.41) is 0. The Morgan fingerprint density at radius 1 is 0.410 bits per heavy atom. The van der Waals surface area contributed by atoms with Gasteiger partial charge in [-0.25, -0.2) is 15.0 Å². The first-order valence-electron chi connectivity index (χ1n) is 13.0. The highest BCUT2D eigenvalue weighted by molar-refractivity contribution is 5.93. The van der Waals surface area contributed by atoms with Crippen LogP contribution in [0.2, 0.25) is 0 Å². The predicted octanol–water partition coefficient (Wildman–Crippen LogP) is 7.23. The minimum Gasteiger partial charge on any atom is -0.329 e. The molecule has 0 N–H and O–H groups in total. The van der Waals surface area contributed by atoms with Crippen LogP contribution in [0.25, 0.3) is 11.1 Å². The van der Waals surface area contributed by atoms with E-state index in [1.54, 1.807) is 0 Å². The van der Waals surface area contributed by atoms with E-state index in [-0.39, 0.29) is 0 Å². The fourth-order valence-corrected chi connectivity index (χ4v) is 4.94. The van der Waals surface area contributed by atoms with Gasteiger partial charge in [0.15, 0.2) is 0 Å². The molecule has 0 atom stereocenters. The number of rotatable bonds is 1. The predicted molar refractivity (Wildman–Crippen MR) is 162 cm³/mol. The summed E-state index contributed by atoms with van der Waals surface area (Å²) in [6.45, 7) is 2.11. The molecule has 0 fully saturated rings. The van der Waals surface area contributed by atoms with Crippen molar-refractivity contribution in [1.29, 1.82) is 0 Å². The minimum absolute atomic E-state index is 0.800. The van der Waals surface area contributed by atoms with Crippen LogP contribution < -0.4 is 19.6 Å². The molecular weight excluding hydrogens is 482 g/mol. The molecule has 5 aromatic rings. The molecule has 7 heteroatoms. The van der Waals surface area contributed by atoms with Crippen molar-refractivity contribution in [2.75, 3.05) is 47.8 Å². The van der Waals surface area contributed by atoms with Crippen molar-refractivity contribution >= 4 is 46.3 Å². The Morgan fingerprint density at radius 2 is 0.744 bits per heavy atom. The normalized spacial score (nSPS) is 13.1. The van der Waals surface area contributed by atoms with Gasteiger partial charge in [0.25, 0.3) is 0 Å². The third-order valence-electron chi connectivity index (χ3n) is 7.30. The zero-order valence-corrected chi connectivity index (χ0v) is 22.9. The SMILES string of the molecule is Cc1ccc(-c2c3cccc2N(C)c2cccc(n2)N(C)c2cccc(n2)N(C)c2cccc(n2)N3C)cc1. The number of hydrogen-bond acceptors (Lipinski definition) is 7. The summed E-state index contributed by atoms with van der Waals surface area (Å²) in [5.74, 6) is 4.90. The Balaban J connectivity index is 1.63. The third kappa shape index (κ3) is 4.42. The lowest BCUT2D eigenvalue weighted by Gasteiger charge is -2.29. The van der Waals surface area contributed by atoms with Crippen molar-refractivity contribution in [2.45, 2.75) is 6.92 Å². The molecule has 0 saturated heterocycles. The summed E-state index contributed by atoms with van der Waals surface area (Å²) < 4.78 is 0. The van der Waals surface area contributed by atoms with Crippen molar-refractivity contribution in [3.8, 4) is 11.1 Å². The molecule has 6 rings (SSSR count). The van der Waals surface area contributed by atoms with E-state index < -0.39 is 0 Å². The molecule has 194 valence electrons. The van der Waals surface area contributed by atoms with E-state index in [0.717, 1.165) is 57.4 Å². The van der Waals surface area contributed by atoms with Crippen LogP contribution in [0, 0.1) is 6.92 Å². The van der Waals surface area contributed by atoms with Gasteiger partial charge in [-0.15, -0.1) is 0 Å². The van der Waals surface area contributed by atoms with Crippen molar-refractivity contribution in [2.24, 2.45) is 0 Å². The van der Waals surface area contributed by atoms with E-state index in [4.69, 9.17) is 15.0 Å². The summed E-state index contributed by atoms with van der Waals surface area (Å²) in [6.07, 6.45) is 0. The van der Waals surface area contributed by atoms with E-state index in [2.05, 4.69) is 73.3 Å². The van der Waals surface area contributed by atoms with Gasteiger partial charge in [0.1, 0.15) is 34.9 Å². The first-order valence-corrected chi connectivity index (χ1v) is 13.0. The van der Waals surface area contributed by atoms with Crippen LogP contribution >= 0.6 is 0 Å². The zero-order chi connectivity index (χ0) is 27.1. The Morgan fingerprint density at radius 3 is 1.13 bits per heavy atom. The molecule has 39 heavy (non-hydrogen) atoms. The molecule has 2 aromatic carbocycles. The van der Waals surface area contributed by atoms with Gasteiger partial charge in [0.05, 0.1) is 11.4 Å². The number of hydrogen-bond donors (Lipinski definition) is 0. The maximum absolute atomic E-state index is 5.05. The summed E-state index contributed by atoms with van der Waals surface area (Å²) in [4.78, 5) is 23.4. The highest BCUT2D eigenvalue weighted by atomic mass is 15.3. The molecule has 0 amide bonds. The van der Waals surface area contributed by atoms with E-state index in [9.17, 15) is 0 Å². The highest BCUT2D eigenvalue weighted by Gasteiger charge is 2.21. The van der Waals surface area contributed by atoms with E-state index in [0.29, 0.717) is 0 Å². The Labute approximate surface area is 229 Å². The van der Waals surface area contributed by atoms with Gasteiger partial charge in [0, 0.05) is 33.8 Å². The summed E-state index contributed by atoms with van der Waals surface area (Å²) in [5.41, 5.74) is 5.57. The largest absolute Gasteiger partial charge is 0.329 e. The Kier molecular flexibility index (Phi) is 6.11. The van der Waals surface area contributed by atoms with Gasteiger partial charge >= 0.3 is 0 Å². The van der Waals surface area contributed by atoms with Crippen LogP contribution in [0.5, 0.6) is 0 Å². The molecule has 7 nitrogen and oxygen atoms in total. The summed E-state index contributed by atoms with van der Waals surface area (Å²) >= 11 is 0. The number of aryl methyl sites for hydroxylation is 1. The summed E-state index contributed by atoms with van der Waals surface area (Å²) in [6, 6.07) is 33.3. The number of benzene rings is 2. The van der Waals surface area contributed by atoms with Crippen molar-refractivity contribution in [3.05, 3.63) is 103 Å². The molecule has 0 aliphatic carbocycles. The molecule has 3 aromatic heterocycles. The molecule has 4 heterocycles. The lowest BCUT2D eigenvalue weighted by Crippen LogP contribution is -2.20. The van der Waals surface area contributed by atoms with Crippen LogP contribution in [0.4, 0.5) is 46.3 Å². The standard InChI is InChI=1S/C32H31N7/c1-22-18-20-23(21-19-22)32-24-10-6-11-25(32)37(3)27-13-8-15-29(34-27)39(5)31-17-9-16-30(35-31)38(4)28-14-7-12-26(33-28)36(24)2/h6-21H,1-5H3. The first kappa shape index (κ1) is 24.4. The van der Waals surface area contributed by atoms with Crippen LogP contribution in [-0.2, 0) is 0 Å². The van der Waals surface area contributed by atoms with Crippen LogP contribution in [0.15, 0.2) is 97.1 Å². The van der Waals surface area contributed by atoms with Crippen molar-refractivity contribution in [1.82, 2.24) is 15.0 Å². The second-order valence-corrected chi connectivity index (χ2v) is 9.84. The van der Waals surface area contributed by atoms with E-state index >= 15 is 0 Å². The Bertz CT molecular complexity index is 1550. The smallest absolute Gasteiger partial charge is 0.136 e. The third-order valence-corrected chi connectivity index (χ3v) is 7.30. The number of pyridine rings is 3. The number of fused-ring (bicyclic) bond motifs is 8. The van der Waals surface area contributed by atoms with Gasteiger partial charge in [-0.05, 0) is 61.0 Å². The number of aromatic nitrogens is 3. The fourth-order valence-electron chi connectivity index (χ4n) is 4.94. The van der Waals surface area contributed by atoms with Crippen molar-refractivity contribution < 1.29 is 0 Å². The molecule has 8 bridgehead atoms. The topological polar surface area (TPSA) is 51.6 Å². The molecule has 0 saturated carbocycles. The molecular formula is C32H31N7. The van der Waals surface area contributed by atoms with Gasteiger partial charge in [-0.3, -0.25) is 0 Å². The van der Waals surface area contributed by atoms with Crippen LogP contribution in [-0.4, -0.2) is 43.1 Å². The quantitative estimate of drug-likeness (QED) is 0.234. The Hall–Kier alpha value is -4.91. The van der Waals surface area contributed by atoms with Gasteiger partial charge < -0.3 is 19.6 Å². The lowest BCUT2D eigenvalue weighted by atomic mass is 9.99. The second kappa shape index (κ2) is 9.76. The second-order valence-electron chi connectivity index (χ2n) is 9.84. The van der Waals surface area contributed by atoms with Crippen LogP contribution in [0.3, 0.4) is 0 Å². The molecule has 1 aliphatic rings. The van der Waals surface area contributed by atoms with Gasteiger partial charge in [-0.2, -0.15) is 0 Å². The highest BCUT2D eigenvalue weighted by Crippen LogP contribution is 2.43. The summed E-state index contributed by atoms with van der Waals surface area (Å²) in [7, 11) is 8.12. The van der Waals surface area contributed by atoms with Crippen LogP contribution in [0.1, 0.15) is 5.56 Å². The number of nitrogens with zero attached hydrogens (tertiary/aromatic N) is 7. The lowest BCUT2D eigenvalue weighted by molar-refractivity contribution is 1.02. The maximum atomic E-state index is 5.05.